The van der Waals surface area contributed by atoms with Crippen LogP contribution in [0.15, 0.2) is 0 Å². The van der Waals surface area contributed by atoms with E-state index in [0.717, 1.165) is 45.6 Å². The van der Waals surface area contributed by atoms with Crippen LogP contribution in [-0.2, 0) is 9.53 Å². The minimum absolute atomic E-state index is 0.205. The van der Waals surface area contributed by atoms with Crippen molar-refractivity contribution in [1.82, 2.24) is 10.6 Å². The summed E-state index contributed by atoms with van der Waals surface area (Å²) >= 11 is 0. The normalized spacial score (nSPS) is 25.4. The van der Waals surface area contributed by atoms with Gasteiger partial charge in [-0.2, -0.15) is 0 Å². The quantitative estimate of drug-likeness (QED) is 0.812. The molecule has 2 rings (SSSR count). The van der Waals surface area contributed by atoms with Crippen molar-refractivity contribution in [3.05, 3.63) is 0 Å². The molecule has 2 aliphatic rings. The predicted molar refractivity (Wildman–Crippen MR) is 80.6 cm³/mol. The Hall–Kier alpha value is -0.610. The fraction of sp³-hybridized carbons (Fsp3) is 0.938. The summed E-state index contributed by atoms with van der Waals surface area (Å²) in [7, 11) is 0. The van der Waals surface area contributed by atoms with Gasteiger partial charge >= 0.3 is 0 Å². The van der Waals surface area contributed by atoms with Crippen LogP contribution >= 0.6 is 0 Å². The molecule has 0 radical (unpaired) electrons. The first-order chi connectivity index (χ1) is 9.58. The molecule has 2 saturated heterocycles. The van der Waals surface area contributed by atoms with Crippen molar-refractivity contribution >= 4 is 5.91 Å². The molecule has 20 heavy (non-hydrogen) atoms. The molecule has 0 aromatic heterocycles. The lowest BCUT2D eigenvalue weighted by atomic mass is 9.82. The first-order valence-electron chi connectivity index (χ1n) is 8.17. The van der Waals surface area contributed by atoms with Crippen molar-refractivity contribution in [2.24, 2.45) is 11.3 Å². The van der Waals surface area contributed by atoms with Gasteiger partial charge in [0.1, 0.15) is 0 Å². The molecular weight excluding hydrogens is 252 g/mol. The number of piperidine rings is 1. The molecule has 1 amide bonds. The van der Waals surface area contributed by atoms with Crippen molar-refractivity contribution in [3.8, 4) is 0 Å². The number of carbonyl (C=O) groups is 1. The first-order valence-corrected chi connectivity index (χ1v) is 8.17. The van der Waals surface area contributed by atoms with Crippen LogP contribution in [0.5, 0.6) is 0 Å². The van der Waals surface area contributed by atoms with Gasteiger partial charge in [-0.1, -0.05) is 20.3 Å². The minimum Gasteiger partial charge on any atom is -0.381 e. The van der Waals surface area contributed by atoms with Crippen molar-refractivity contribution in [1.29, 1.82) is 0 Å². The average molecular weight is 282 g/mol. The van der Waals surface area contributed by atoms with E-state index >= 15 is 0 Å². The molecule has 1 unspecified atom stereocenters. The number of ether oxygens (including phenoxy) is 1. The molecule has 2 N–H and O–H groups in total. The topological polar surface area (TPSA) is 50.4 Å². The predicted octanol–water partition coefficient (Wildman–Crippen LogP) is 2.09. The van der Waals surface area contributed by atoms with Gasteiger partial charge in [0.05, 0.1) is 0 Å². The maximum atomic E-state index is 12.4. The summed E-state index contributed by atoms with van der Waals surface area (Å²) in [6.45, 7) is 7.74. The van der Waals surface area contributed by atoms with Gasteiger partial charge in [0.15, 0.2) is 0 Å². The van der Waals surface area contributed by atoms with E-state index in [4.69, 9.17) is 4.74 Å². The fourth-order valence-electron chi connectivity index (χ4n) is 3.23. The number of nitrogens with one attached hydrogen (secondary N) is 2. The van der Waals surface area contributed by atoms with Crippen LogP contribution in [0.4, 0.5) is 0 Å². The van der Waals surface area contributed by atoms with Crippen LogP contribution in [-0.4, -0.2) is 38.3 Å². The lowest BCUT2D eigenvalue weighted by Gasteiger charge is -2.32. The second kappa shape index (κ2) is 7.41. The van der Waals surface area contributed by atoms with E-state index in [1.807, 2.05) is 0 Å². The Morgan fingerprint density at radius 1 is 1.25 bits per heavy atom. The summed E-state index contributed by atoms with van der Waals surface area (Å²) < 4.78 is 5.35. The molecule has 0 bridgehead atoms. The Morgan fingerprint density at radius 2 is 2.00 bits per heavy atom. The van der Waals surface area contributed by atoms with Crippen molar-refractivity contribution in [2.75, 3.05) is 26.3 Å². The molecule has 0 aliphatic carbocycles. The van der Waals surface area contributed by atoms with E-state index in [9.17, 15) is 4.79 Å². The monoisotopic (exact) mass is 282 g/mol. The van der Waals surface area contributed by atoms with E-state index in [-0.39, 0.29) is 11.3 Å². The highest BCUT2D eigenvalue weighted by Gasteiger charge is 2.31. The molecule has 1 atom stereocenters. The standard InChI is InChI=1S/C16H30N2O2/c1-16(2,11-14-5-3-4-8-17-14)15(19)18-12-13-6-9-20-10-7-13/h13-14,17H,3-12H2,1-2H3,(H,18,19). The van der Waals surface area contributed by atoms with Gasteiger partial charge in [-0.3, -0.25) is 4.79 Å². The third-order valence-corrected chi connectivity index (χ3v) is 4.68. The highest BCUT2D eigenvalue weighted by Crippen LogP contribution is 2.26. The summed E-state index contributed by atoms with van der Waals surface area (Å²) in [6.07, 6.45) is 6.85. The number of hydrogen-bond acceptors (Lipinski definition) is 3. The third kappa shape index (κ3) is 4.74. The van der Waals surface area contributed by atoms with E-state index in [0.29, 0.717) is 12.0 Å². The molecule has 116 valence electrons. The highest BCUT2D eigenvalue weighted by atomic mass is 16.5. The van der Waals surface area contributed by atoms with Gasteiger partial charge in [0.2, 0.25) is 5.91 Å². The van der Waals surface area contributed by atoms with E-state index in [2.05, 4.69) is 24.5 Å². The lowest BCUT2D eigenvalue weighted by Crippen LogP contribution is -2.45. The van der Waals surface area contributed by atoms with Crippen molar-refractivity contribution in [3.63, 3.8) is 0 Å². The largest absolute Gasteiger partial charge is 0.381 e. The van der Waals surface area contributed by atoms with Crippen LogP contribution in [0.1, 0.15) is 52.4 Å². The van der Waals surface area contributed by atoms with E-state index in [1.165, 1.54) is 19.3 Å². The Balaban J connectivity index is 1.73. The highest BCUT2D eigenvalue weighted by molar-refractivity contribution is 5.81. The molecule has 0 aromatic carbocycles. The lowest BCUT2D eigenvalue weighted by molar-refractivity contribution is -0.130. The molecule has 0 saturated carbocycles. The van der Waals surface area contributed by atoms with Crippen LogP contribution in [0.3, 0.4) is 0 Å². The summed E-state index contributed by atoms with van der Waals surface area (Å²) in [4.78, 5) is 12.4. The van der Waals surface area contributed by atoms with Gasteiger partial charge in [0, 0.05) is 31.2 Å². The van der Waals surface area contributed by atoms with Gasteiger partial charge in [-0.05, 0) is 44.6 Å². The van der Waals surface area contributed by atoms with E-state index < -0.39 is 0 Å². The summed E-state index contributed by atoms with van der Waals surface area (Å²) in [6, 6.07) is 0.507. The molecule has 2 aliphatic heterocycles. The van der Waals surface area contributed by atoms with Gasteiger partial charge in [-0.25, -0.2) is 0 Å². The molecule has 4 nitrogen and oxygen atoms in total. The molecule has 4 heteroatoms. The van der Waals surface area contributed by atoms with Gasteiger partial charge in [0.25, 0.3) is 0 Å². The van der Waals surface area contributed by atoms with E-state index in [1.54, 1.807) is 0 Å². The maximum absolute atomic E-state index is 12.4. The zero-order valence-electron chi connectivity index (χ0n) is 13.0. The number of amides is 1. The van der Waals surface area contributed by atoms with Crippen molar-refractivity contribution < 1.29 is 9.53 Å². The molecule has 2 heterocycles. The first kappa shape index (κ1) is 15.8. The zero-order chi connectivity index (χ0) is 14.4. The molecule has 0 aromatic rings. The average Bonchev–Trinajstić information content (AvgIpc) is 2.46. The van der Waals surface area contributed by atoms with Crippen LogP contribution in [0.2, 0.25) is 0 Å². The van der Waals surface area contributed by atoms with Crippen LogP contribution < -0.4 is 10.6 Å². The minimum atomic E-state index is -0.278. The number of hydrogen-bond donors (Lipinski definition) is 2. The maximum Gasteiger partial charge on any atom is 0.225 e. The summed E-state index contributed by atoms with van der Waals surface area (Å²) in [5.74, 6) is 0.799. The molecule has 2 fully saturated rings. The van der Waals surface area contributed by atoms with Gasteiger partial charge in [-0.15, -0.1) is 0 Å². The second-order valence-electron chi connectivity index (χ2n) is 7.00. The number of carbonyl (C=O) groups excluding carboxylic acids is 1. The zero-order valence-corrected chi connectivity index (χ0v) is 13.0. The second-order valence-corrected chi connectivity index (χ2v) is 7.00. The Labute approximate surface area is 123 Å². The molecular formula is C16H30N2O2. The molecule has 0 spiro atoms. The summed E-state index contributed by atoms with van der Waals surface area (Å²) in [5, 5.41) is 6.70. The SMILES string of the molecule is CC(C)(CC1CCCCN1)C(=O)NCC1CCOCC1. The summed E-state index contributed by atoms with van der Waals surface area (Å²) in [5.41, 5.74) is -0.278. The Bertz CT molecular complexity index is 306. The fourth-order valence-corrected chi connectivity index (χ4v) is 3.23. The van der Waals surface area contributed by atoms with Crippen molar-refractivity contribution in [2.45, 2.75) is 58.4 Å². The Kier molecular flexibility index (Phi) is 5.85. The number of rotatable bonds is 5. The van der Waals surface area contributed by atoms with Crippen LogP contribution in [0, 0.1) is 11.3 Å². The smallest absolute Gasteiger partial charge is 0.225 e. The van der Waals surface area contributed by atoms with Crippen LogP contribution in [0.25, 0.3) is 0 Å². The third-order valence-electron chi connectivity index (χ3n) is 4.68. The van der Waals surface area contributed by atoms with Gasteiger partial charge < -0.3 is 15.4 Å². The Morgan fingerprint density at radius 3 is 2.65 bits per heavy atom.